The summed E-state index contributed by atoms with van der Waals surface area (Å²) in [7, 11) is -3.58. The van der Waals surface area contributed by atoms with Crippen molar-refractivity contribution in [2.24, 2.45) is 0 Å². The zero-order valence-electron chi connectivity index (χ0n) is 10.7. The molecule has 0 atom stereocenters. The molecule has 0 aliphatic rings. The molecule has 0 fully saturated rings. The molecule has 2 aromatic rings. The van der Waals surface area contributed by atoms with E-state index in [0.717, 1.165) is 5.56 Å². The molecule has 0 amide bonds. The number of nitrogens with one attached hydrogen (secondary N) is 1. The maximum Gasteiger partial charge on any atom is 0.240 e. The van der Waals surface area contributed by atoms with Crippen molar-refractivity contribution in [1.29, 1.82) is 0 Å². The van der Waals surface area contributed by atoms with Crippen LogP contribution in [0.15, 0.2) is 47.4 Å². The van der Waals surface area contributed by atoms with Gasteiger partial charge in [-0.1, -0.05) is 41.4 Å². The van der Waals surface area contributed by atoms with Gasteiger partial charge in [0.2, 0.25) is 10.0 Å². The Morgan fingerprint density at radius 3 is 2.40 bits per heavy atom. The molecule has 0 aliphatic carbocycles. The monoisotopic (exact) mass is 329 g/mol. The maximum absolute atomic E-state index is 12.2. The minimum absolute atomic E-state index is 0.143. The van der Waals surface area contributed by atoms with Crippen molar-refractivity contribution in [3.63, 3.8) is 0 Å². The van der Waals surface area contributed by atoms with Crippen LogP contribution in [0.3, 0.4) is 0 Å². The molecule has 0 aromatic heterocycles. The van der Waals surface area contributed by atoms with E-state index in [4.69, 9.17) is 23.2 Å². The summed E-state index contributed by atoms with van der Waals surface area (Å²) in [6.07, 6.45) is 0. The summed E-state index contributed by atoms with van der Waals surface area (Å²) in [4.78, 5) is 0.187. The van der Waals surface area contributed by atoms with Gasteiger partial charge in [0.25, 0.3) is 0 Å². The maximum atomic E-state index is 12.2. The number of aryl methyl sites for hydroxylation is 1. The molecule has 0 spiro atoms. The number of hydrogen-bond donors (Lipinski definition) is 1. The van der Waals surface area contributed by atoms with Gasteiger partial charge in [0.05, 0.1) is 4.90 Å². The van der Waals surface area contributed by atoms with Crippen molar-refractivity contribution >= 4 is 33.2 Å². The van der Waals surface area contributed by atoms with Gasteiger partial charge in [0.1, 0.15) is 0 Å². The van der Waals surface area contributed by atoms with Crippen molar-refractivity contribution in [3.8, 4) is 0 Å². The first-order chi connectivity index (χ1) is 9.40. The van der Waals surface area contributed by atoms with Gasteiger partial charge < -0.3 is 0 Å². The summed E-state index contributed by atoms with van der Waals surface area (Å²) in [5.74, 6) is 0. The molecular weight excluding hydrogens is 317 g/mol. The van der Waals surface area contributed by atoms with E-state index in [1.807, 2.05) is 6.07 Å². The second kappa shape index (κ2) is 6.14. The largest absolute Gasteiger partial charge is 0.240 e. The van der Waals surface area contributed by atoms with E-state index < -0.39 is 10.0 Å². The second-order valence-corrected chi connectivity index (χ2v) is 6.91. The molecule has 0 saturated carbocycles. The predicted molar refractivity (Wildman–Crippen MR) is 81.7 cm³/mol. The van der Waals surface area contributed by atoms with Gasteiger partial charge in [-0.05, 0) is 42.3 Å². The highest BCUT2D eigenvalue weighted by atomic mass is 35.5. The molecule has 1 N–H and O–H groups in total. The first-order valence-corrected chi connectivity index (χ1v) is 8.13. The standard InChI is InChI=1S/C14H13Cl2NO2S/c1-10-8-12(6-7-13(10)15)20(18,19)17-9-11-4-2-3-5-14(11)16/h2-8,17H,9H2,1H3. The molecule has 0 radical (unpaired) electrons. The minimum Gasteiger partial charge on any atom is -0.207 e. The van der Waals surface area contributed by atoms with Crippen LogP contribution in [0.25, 0.3) is 0 Å². The highest BCUT2D eigenvalue weighted by molar-refractivity contribution is 7.89. The van der Waals surface area contributed by atoms with Crippen LogP contribution in [0.2, 0.25) is 10.0 Å². The third kappa shape index (κ3) is 3.52. The Balaban J connectivity index is 2.19. The molecule has 2 aromatic carbocycles. The fourth-order valence-corrected chi connectivity index (χ4v) is 3.09. The molecule has 20 heavy (non-hydrogen) atoms. The first-order valence-electron chi connectivity index (χ1n) is 5.89. The van der Waals surface area contributed by atoms with Gasteiger partial charge in [0.15, 0.2) is 0 Å². The normalized spacial score (nSPS) is 11.6. The number of halogens is 2. The molecule has 0 heterocycles. The lowest BCUT2D eigenvalue weighted by molar-refractivity contribution is 0.581. The van der Waals surface area contributed by atoms with Crippen LogP contribution in [0, 0.1) is 6.92 Å². The summed E-state index contributed by atoms with van der Waals surface area (Å²) in [6, 6.07) is 11.7. The molecular formula is C14H13Cl2NO2S. The lowest BCUT2D eigenvalue weighted by atomic mass is 10.2. The fourth-order valence-electron chi connectivity index (χ4n) is 1.68. The van der Waals surface area contributed by atoms with Crippen LogP contribution in [0.1, 0.15) is 11.1 Å². The quantitative estimate of drug-likeness (QED) is 0.927. The van der Waals surface area contributed by atoms with Gasteiger partial charge in [-0.2, -0.15) is 0 Å². The molecule has 106 valence electrons. The Kier molecular flexibility index (Phi) is 4.70. The Bertz CT molecular complexity index is 730. The van der Waals surface area contributed by atoms with E-state index in [0.29, 0.717) is 15.6 Å². The van der Waals surface area contributed by atoms with Crippen molar-refractivity contribution in [3.05, 3.63) is 63.6 Å². The fraction of sp³-hybridized carbons (Fsp3) is 0.143. The van der Waals surface area contributed by atoms with E-state index >= 15 is 0 Å². The Labute approximate surface area is 128 Å². The van der Waals surface area contributed by atoms with Crippen LogP contribution < -0.4 is 4.72 Å². The number of rotatable bonds is 4. The molecule has 0 bridgehead atoms. The van der Waals surface area contributed by atoms with E-state index in [1.54, 1.807) is 31.2 Å². The summed E-state index contributed by atoms with van der Waals surface area (Å²) < 4.78 is 26.9. The van der Waals surface area contributed by atoms with E-state index in [1.165, 1.54) is 12.1 Å². The zero-order chi connectivity index (χ0) is 14.8. The molecule has 0 unspecified atom stereocenters. The van der Waals surface area contributed by atoms with Gasteiger partial charge in [-0.25, -0.2) is 13.1 Å². The summed E-state index contributed by atoms with van der Waals surface area (Å²) in [6.45, 7) is 1.90. The average molecular weight is 330 g/mol. The van der Waals surface area contributed by atoms with Crippen LogP contribution in [0.4, 0.5) is 0 Å². The van der Waals surface area contributed by atoms with Gasteiger partial charge >= 0.3 is 0 Å². The highest BCUT2D eigenvalue weighted by Gasteiger charge is 2.15. The second-order valence-electron chi connectivity index (χ2n) is 4.33. The molecule has 3 nitrogen and oxygen atoms in total. The lowest BCUT2D eigenvalue weighted by Gasteiger charge is -2.09. The third-order valence-corrected chi connectivity index (χ3v) is 5.04. The van der Waals surface area contributed by atoms with E-state index in [9.17, 15) is 8.42 Å². The lowest BCUT2D eigenvalue weighted by Crippen LogP contribution is -2.23. The van der Waals surface area contributed by atoms with Crippen LogP contribution in [-0.2, 0) is 16.6 Å². The number of benzene rings is 2. The predicted octanol–water partition coefficient (Wildman–Crippen LogP) is 3.78. The molecule has 6 heteroatoms. The SMILES string of the molecule is Cc1cc(S(=O)(=O)NCc2ccccc2Cl)ccc1Cl. The van der Waals surface area contributed by atoms with Gasteiger partial charge in [-0.3, -0.25) is 0 Å². The highest BCUT2D eigenvalue weighted by Crippen LogP contribution is 2.20. The zero-order valence-corrected chi connectivity index (χ0v) is 13.1. The van der Waals surface area contributed by atoms with Gasteiger partial charge in [0, 0.05) is 16.6 Å². The Morgan fingerprint density at radius 2 is 1.75 bits per heavy atom. The Hall–Kier alpha value is -1.07. The van der Waals surface area contributed by atoms with Crippen LogP contribution >= 0.6 is 23.2 Å². The third-order valence-electron chi connectivity index (χ3n) is 2.85. The average Bonchev–Trinajstić information content (AvgIpc) is 2.41. The van der Waals surface area contributed by atoms with Crippen LogP contribution in [-0.4, -0.2) is 8.42 Å². The molecule has 2 rings (SSSR count). The molecule has 0 saturated heterocycles. The Morgan fingerprint density at radius 1 is 1.05 bits per heavy atom. The summed E-state index contributed by atoms with van der Waals surface area (Å²) >= 11 is 11.9. The minimum atomic E-state index is -3.58. The first kappa shape index (κ1) is 15.3. The topological polar surface area (TPSA) is 46.2 Å². The summed E-state index contributed by atoms with van der Waals surface area (Å²) in [5, 5.41) is 1.07. The number of hydrogen-bond acceptors (Lipinski definition) is 2. The van der Waals surface area contributed by atoms with Crippen molar-refractivity contribution < 1.29 is 8.42 Å². The van der Waals surface area contributed by atoms with Crippen molar-refractivity contribution in [2.75, 3.05) is 0 Å². The van der Waals surface area contributed by atoms with Crippen molar-refractivity contribution in [2.45, 2.75) is 18.4 Å². The van der Waals surface area contributed by atoms with Crippen LogP contribution in [0.5, 0.6) is 0 Å². The van der Waals surface area contributed by atoms with E-state index in [-0.39, 0.29) is 11.4 Å². The van der Waals surface area contributed by atoms with Crippen molar-refractivity contribution in [1.82, 2.24) is 4.72 Å². The van der Waals surface area contributed by atoms with E-state index in [2.05, 4.69) is 4.72 Å². The molecule has 0 aliphatic heterocycles. The van der Waals surface area contributed by atoms with Gasteiger partial charge in [-0.15, -0.1) is 0 Å². The summed E-state index contributed by atoms with van der Waals surface area (Å²) in [5.41, 5.74) is 1.44. The smallest absolute Gasteiger partial charge is 0.207 e. The number of sulfonamides is 1.